The van der Waals surface area contributed by atoms with E-state index in [-0.39, 0.29) is 5.91 Å². The van der Waals surface area contributed by atoms with Gasteiger partial charge in [-0.3, -0.25) is 4.79 Å². The van der Waals surface area contributed by atoms with Gasteiger partial charge in [-0.1, -0.05) is 56.5 Å². The Morgan fingerprint density at radius 3 is 2.39 bits per heavy atom. The fourth-order valence-electron chi connectivity index (χ4n) is 1.96. The zero-order valence-electron chi connectivity index (χ0n) is 11.8. The summed E-state index contributed by atoms with van der Waals surface area (Å²) in [7, 11) is 0. The quantitative estimate of drug-likeness (QED) is 0.732. The summed E-state index contributed by atoms with van der Waals surface area (Å²) in [6, 6.07) is 9.95. The van der Waals surface area contributed by atoms with Crippen molar-refractivity contribution in [2.75, 3.05) is 6.54 Å². The molecule has 0 aromatic heterocycles. The highest BCUT2D eigenvalue weighted by molar-refractivity contribution is 5.87. The second-order valence-corrected chi connectivity index (χ2v) is 5.31. The molecule has 18 heavy (non-hydrogen) atoms. The minimum Gasteiger partial charge on any atom is -0.355 e. The number of amides is 1. The van der Waals surface area contributed by atoms with Crippen LogP contribution in [0.25, 0.3) is 0 Å². The summed E-state index contributed by atoms with van der Waals surface area (Å²) in [6.45, 7) is 6.93. The lowest BCUT2D eigenvalue weighted by Crippen LogP contribution is -2.40. The van der Waals surface area contributed by atoms with Gasteiger partial charge < -0.3 is 5.32 Å². The number of hydrogen-bond donors (Lipinski definition) is 1. The lowest BCUT2D eigenvalue weighted by atomic mass is 9.84. The molecular formula is C16H25NO. The molecule has 2 heteroatoms. The van der Waals surface area contributed by atoms with E-state index in [1.807, 2.05) is 44.2 Å². The maximum absolute atomic E-state index is 12.2. The largest absolute Gasteiger partial charge is 0.355 e. The van der Waals surface area contributed by atoms with Crippen LogP contribution in [0.15, 0.2) is 30.3 Å². The first-order valence-electron chi connectivity index (χ1n) is 6.93. The maximum Gasteiger partial charge on any atom is 0.230 e. The smallest absolute Gasteiger partial charge is 0.230 e. The Kier molecular flexibility index (Phi) is 5.90. The molecule has 1 N–H and O–H groups in total. The van der Waals surface area contributed by atoms with Gasteiger partial charge >= 0.3 is 0 Å². The number of unbranched alkanes of at least 4 members (excludes halogenated alkanes) is 3. The molecule has 100 valence electrons. The number of carbonyl (C=O) groups is 1. The van der Waals surface area contributed by atoms with Crippen molar-refractivity contribution in [3.05, 3.63) is 35.9 Å². The van der Waals surface area contributed by atoms with Crippen LogP contribution in [0.3, 0.4) is 0 Å². The lowest BCUT2D eigenvalue weighted by Gasteiger charge is -2.24. The minimum absolute atomic E-state index is 0.116. The Balaban J connectivity index is 2.45. The average Bonchev–Trinajstić information content (AvgIpc) is 2.39. The van der Waals surface area contributed by atoms with Crippen LogP contribution in [0.2, 0.25) is 0 Å². The van der Waals surface area contributed by atoms with Crippen LogP contribution < -0.4 is 5.32 Å². The van der Waals surface area contributed by atoms with Crippen LogP contribution >= 0.6 is 0 Å². The van der Waals surface area contributed by atoms with E-state index in [1.165, 1.54) is 19.3 Å². The third-order valence-corrected chi connectivity index (χ3v) is 3.38. The van der Waals surface area contributed by atoms with Gasteiger partial charge in [-0.05, 0) is 25.8 Å². The summed E-state index contributed by atoms with van der Waals surface area (Å²) in [5, 5.41) is 3.04. The zero-order chi connectivity index (χ0) is 13.4. The summed E-state index contributed by atoms with van der Waals surface area (Å²) in [5.74, 6) is 0.116. The minimum atomic E-state index is -0.452. The Labute approximate surface area is 111 Å². The monoisotopic (exact) mass is 247 g/mol. The molecule has 0 fully saturated rings. The normalized spacial score (nSPS) is 11.3. The Bertz CT molecular complexity index is 357. The average molecular weight is 247 g/mol. The second-order valence-electron chi connectivity index (χ2n) is 5.31. The molecule has 0 atom stereocenters. The first-order chi connectivity index (χ1) is 8.59. The van der Waals surface area contributed by atoms with Crippen molar-refractivity contribution in [3.63, 3.8) is 0 Å². The van der Waals surface area contributed by atoms with Crippen LogP contribution in [0.1, 0.15) is 52.0 Å². The SMILES string of the molecule is CCCCCCNC(=O)C(C)(C)c1ccccc1. The Morgan fingerprint density at radius 1 is 1.11 bits per heavy atom. The molecule has 0 saturated carbocycles. The van der Waals surface area contributed by atoms with Crippen molar-refractivity contribution in [2.45, 2.75) is 51.9 Å². The Morgan fingerprint density at radius 2 is 1.78 bits per heavy atom. The highest BCUT2D eigenvalue weighted by Gasteiger charge is 2.28. The third kappa shape index (κ3) is 4.17. The molecule has 0 radical (unpaired) electrons. The van der Waals surface area contributed by atoms with Crippen molar-refractivity contribution in [1.82, 2.24) is 5.32 Å². The molecular weight excluding hydrogens is 222 g/mol. The van der Waals surface area contributed by atoms with Crippen molar-refractivity contribution in [2.24, 2.45) is 0 Å². The molecule has 0 heterocycles. The van der Waals surface area contributed by atoms with Gasteiger partial charge in [0.1, 0.15) is 0 Å². The van der Waals surface area contributed by atoms with E-state index in [2.05, 4.69) is 12.2 Å². The summed E-state index contributed by atoms with van der Waals surface area (Å²) in [5.41, 5.74) is 0.613. The van der Waals surface area contributed by atoms with Crippen LogP contribution in [0.5, 0.6) is 0 Å². The van der Waals surface area contributed by atoms with E-state index in [9.17, 15) is 4.79 Å². The zero-order valence-corrected chi connectivity index (χ0v) is 11.8. The molecule has 0 saturated heterocycles. The van der Waals surface area contributed by atoms with E-state index < -0.39 is 5.41 Å². The topological polar surface area (TPSA) is 29.1 Å². The number of nitrogens with one attached hydrogen (secondary N) is 1. The summed E-state index contributed by atoms with van der Waals surface area (Å²) < 4.78 is 0. The van der Waals surface area contributed by atoms with E-state index in [0.29, 0.717) is 0 Å². The summed E-state index contributed by atoms with van der Waals surface area (Å²) >= 11 is 0. The number of benzene rings is 1. The van der Waals surface area contributed by atoms with E-state index >= 15 is 0 Å². The third-order valence-electron chi connectivity index (χ3n) is 3.38. The molecule has 0 bridgehead atoms. The maximum atomic E-state index is 12.2. The molecule has 0 aliphatic carbocycles. The molecule has 0 aliphatic rings. The second kappa shape index (κ2) is 7.20. The van der Waals surface area contributed by atoms with Gasteiger partial charge in [-0.2, -0.15) is 0 Å². The predicted molar refractivity (Wildman–Crippen MR) is 76.6 cm³/mol. The molecule has 1 amide bonds. The van der Waals surface area contributed by atoms with Gasteiger partial charge in [0.2, 0.25) is 5.91 Å². The number of hydrogen-bond acceptors (Lipinski definition) is 1. The highest BCUT2D eigenvalue weighted by atomic mass is 16.2. The molecule has 0 aliphatic heterocycles. The fourth-order valence-corrected chi connectivity index (χ4v) is 1.96. The molecule has 1 rings (SSSR count). The predicted octanol–water partition coefficient (Wildman–Crippen LogP) is 3.66. The van der Waals surface area contributed by atoms with Crippen LogP contribution in [-0.2, 0) is 10.2 Å². The molecule has 1 aromatic carbocycles. The molecule has 2 nitrogen and oxygen atoms in total. The van der Waals surface area contributed by atoms with Crippen molar-refractivity contribution in [3.8, 4) is 0 Å². The van der Waals surface area contributed by atoms with Gasteiger partial charge in [0.05, 0.1) is 5.41 Å². The van der Waals surface area contributed by atoms with Gasteiger partial charge in [-0.15, -0.1) is 0 Å². The van der Waals surface area contributed by atoms with Gasteiger partial charge in [0.25, 0.3) is 0 Å². The Hall–Kier alpha value is -1.31. The van der Waals surface area contributed by atoms with Crippen LogP contribution in [-0.4, -0.2) is 12.5 Å². The van der Waals surface area contributed by atoms with Crippen LogP contribution in [0.4, 0.5) is 0 Å². The van der Waals surface area contributed by atoms with Gasteiger partial charge in [0, 0.05) is 6.54 Å². The van der Waals surface area contributed by atoms with E-state index in [1.54, 1.807) is 0 Å². The van der Waals surface area contributed by atoms with Gasteiger partial charge in [0.15, 0.2) is 0 Å². The highest BCUT2D eigenvalue weighted by Crippen LogP contribution is 2.22. The molecule has 1 aromatic rings. The van der Waals surface area contributed by atoms with Crippen LogP contribution in [0, 0.1) is 0 Å². The summed E-state index contributed by atoms with van der Waals surface area (Å²) in [4.78, 5) is 12.2. The molecule has 0 unspecified atom stereocenters. The lowest BCUT2D eigenvalue weighted by molar-refractivity contribution is -0.125. The summed E-state index contributed by atoms with van der Waals surface area (Å²) in [6.07, 6.45) is 4.74. The number of carbonyl (C=O) groups excluding carboxylic acids is 1. The van der Waals surface area contributed by atoms with Crippen molar-refractivity contribution in [1.29, 1.82) is 0 Å². The first-order valence-corrected chi connectivity index (χ1v) is 6.93. The first kappa shape index (κ1) is 14.7. The van der Waals surface area contributed by atoms with E-state index in [0.717, 1.165) is 18.5 Å². The van der Waals surface area contributed by atoms with Crippen molar-refractivity contribution < 1.29 is 4.79 Å². The van der Waals surface area contributed by atoms with Gasteiger partial charge in [-0.25, -0.2) is 0 Å². The van der Waals surface area contributed by atoms with Crippen molar-refractivity contribution >= 4 is 5.91 Å². The standard InChI is InChI=1S/C16H25NO/c1-4-5-6-10-13-17-15(18)16(2,3)14-11-8-7-9-12-14/h7-9,11-12H,4-6,10,13H2,1-3H3,(H,17,18). The van der Waals surface area contributed by atoms with E-state index in [4.69, 9.17) is 0 Å². The number of rotatable bonds is 7. The fraction of sp³-hybridized carbons (Fsp3) is 0.562. The molecule has 0 spiro atoms.